The van der Waals surface area contributed by atoms with Crippen molar-refractivity contribution in [1.29, 1.82) is 0 Å². The summed E-state index contributed by atoms with van der Waals surface area (Å²) in [6.45, 7) is 4.45. The van der Waals surface area contributed by atoms with Gasteiger partial charge in [-0.3, -0.25) is 4.79 Å². The smallest absolute Gasteiger partial charge is 0.229 e. The summed E-state index contributed by atoms with van der Waals surface area (Å²) in [7, 11) is -3.94. The number of benzene rings is 3. The molecular formula is C27H23BrN6O3S. The summed E-state index contributed by atoms with van der Waals surface area (Å²) in [4.78, 5) is 21.0. The first-order valence-corrected chi connectivity index (χ1v) is 14.4. The van der Waals surface area contributed by atoms with Crippen LogP contribution in [0.2, 0.25) is 0 Å². The average Bonchev–Trinajstić information content (AvgIpc) is 3.38. The zero-order valence-electron chi connectivity index (χ0n) is 20.5. The number of nitrogens with zero attached hydrogens (tertiary/aromatic N) is 6. The molecular weight excluding hydrogens is 568 g/mol. The molecule has 3 aromatic carbocycles. The SMILES string of the molecule is CC(=O)c1ccc(N2CCN(c3nc4c(S(=O)(=O)c5ccc(Br)cc5)nnn4c4ccccc34)CC2)cc1. The number of aromatic nitrogens is 4. The third-order valence-corrected chi connectivity index (χ3v) is 8.99. The van der Waals surface area contributed by atoms with Crippen LogP contribution in [0.4, 0.5) is 11.5 Å². The molecule has 0 bridgehead atoms. The second kappa shape index (κ2) is 9.48. The van der Waals surface area contributed by atoms with Crippen molar-refractivity contribution in [2.75, 3.05) is 36.0 Å². The summed E-state index contributed by atoms with van der Waals surface area (Å²) < 4.78 is 29.3. The van der Waals surface area contributed by atoms with Crippen LogP contribution < -0.4 is 9.80 Å². The second-order valence-corrected chi connectivity index (χ2v) is 11.9. The van der Waals surface area contributed by atoms with Gasteiger partial charge in [0.05, 0.1) is 10.4 Å². The number of carbonyl (C=O) groups excluding carboxylic acids is 1. The van der Waals surface area contributed by atoms with Gasteiger partial charge in [-0.25, -0.2) is 13.4 Å². The monoisotopic (exact) mass is 590 g/mol. The van der Waals surface area contributed by atoms with Gasteiger partial charge in [0.25, 0.3) is 0 Å². The molecule has 11 heteroatoms. The molecule has 0 unspecified atom stereocenters. The number of halogens is 1. The zero-order valence-corrected chi connectivity index (χ0v) is 22.9. The zero-order chi connectivity index (χ0) is 26.4. The summed E-state index contributed by atoms with van der Waals surface area (Å²) in [5.74, 6) is 0.750. The van der Waals surface area contributed by atoms with E-state index in [0.717, 1.165) is 34.2 Å². The van der Waals surface area contributed by atoms with Gasteiger partial charge in [0.1, 0.15) is 5.82 Å². The Bertz CT molecular complexity index is 1780. The Balaban J connectivity index is 1.37. The van der Waals surface area contributed by atoms with Crippen LogP contribution in [0.15, 0.2) is 87.2 Å². The Morgan fingerprint density at radius 1 is 0.868 bits per heavy atom. The number of hydrogen-bond acceptors (Lipinski definition) is 8. The van der Waals surface area contributed by atoms with Crippen LogP contribution in [0.3, 0.4) is 0 Å². The minimum Gasteiger partial charge on any atom is -0.368 e. The molecule has 1 saturated heterocycles. The minimum atomic E-state index is -3.94. The van der Waals surface area contributed by atoms with Crippen molar-refractivity contribution in [3.8, 4) is 0 Å². The molecule has 0 radical (unpaired) electrons. The van der Waals surface area contributed by atoms with Crippen LogP contribution in [-0.4, -0.2) is 60.2 Å². The molecule has 0 amide bonds. The van der Waals surface area contributed by atoms with Crippen molar-refractivity contribution < 1.29 is 13.2 Å². The van der Waals surface area contributed by atoms with Gasteiger partial charge in [-0.2, -0.15) is 4.52 Å². The fraction of sp³-hybridized carbons (Fsp3) is 0.185. The van der Waals surface area contributed by atoms with Crippen LogP contribution in [0.1, 0.15) is 17.3 Å². The molecule has 192 valence electrons. The number of anilines is 2. The maximum Gasteiger partial charge on any atom is 0.229 e. The van der Waals surface area contributed by atoms with Crippen LogP contribution in [0.25, 0.3) is 16.6 Å². The fourth-order valence-corrected chi connectivity index (χ4v) is 6.25. The van der Waals surface area contributed by atoms with Gasteiger partial charge in [-0.1, -0.05) is 33.3 Å². The first kappa shape index (κ1) is 24.5. The number of sulfone groups is 1. The highest BCUT2D eigenvalue weighted by Crippen LogP contribution is 2.31. The molecule has 0 atom stereocenters. The normalized spacial score (nSPS) is 14.4. The molecule has 1 aliphatic heterocycles. The number of rotatable bonds is 5. The van der Waals surface area contributed by atoms with E-state index in [0.29, 0.717) is 24.5 Å². The van der Waals surface area contributed by atoms with E-state index in [-0.39, 0.29) is 21.4 Å². The molecule has 1 aliphatic rings. The number of Topliss-reactive ketones (excluding diaryl/α,β-unsaturated/α-hetero) is 1. The predicted octanol–water partition coefficient (Wildman–Crippen LogP) is 4.40. The van der Waals surface area contributed by atoms with Crippen LogP contribution in [-0.2, 0) is 9.84 Å². The van der Waals surface area contributed by atoms with Crippen molar-refractivity contribution in [3.05, 3.63) is 82.8 Å². The molecule has 1 fully saturated rings. The molecule has 3 heterocycles. The van der Waals surface area contributed by atoms with Crippen molar-refractivity contribution in [2.24, 2.45) is 0 Å². The van der Waals surface area contributed by atoms with Crippen LogP contribution in [0.5, 0.6) is 0 Å². The number of fused-ring (bicyclic) bond motifs is 3. The van der Waals surface area contributed by atoms with E-state index < -0.39 is 9.84 Å². The van der Waals surface area contributed by atoms with Crippen LogP contribution >= 0.6 is 15.9 Å². The lowest BCUT2D eigenvalue weighted by Crippen LogP contribution is -2.47. The summed E-state index contributed by atoms with van der Waals surface area (Å²) in [6.07, 6.45) is 0. The van der Waals surface area contributed by atoms with Gasteiger partial charge in [0.15, 0.2) is 11.4 Å². The Morgan fingerprint density at radius 3 is 2.21 bits per heavy atom. The Hall–Kier alpha value is -3.83. The molecule has 5 aromatic rings. The lowest BCUT2D eigenvalue weighted by molar-refractivity contribution is 0.101. The van der Waals surface area contributed by atoms with E-state index in [2.05, 4.69) is 36.0 Å². The van der Waals surface area contributed by atoms with E-state index in [9.17, 15) is 13.2 Å². The number of para-hydroxylation sites is 1. The molecule has 9 nitrogen and oxygen atoms in total. The maximum atomic E-state index is 13.5. The van der Waals surface area contributed by atoms with Crippen molar-refractivity contribution in [1.82, 2.24) is 19.8 Å². The first-order valence-electron chi connectivity index (χ1n) is 12.1. The van der Waals surface area contributed by atoms with Gasteiger partial charge in [0.2, 0.25) is 14.9 Å². The van der Waals surface area contributed by atoms with Crippen molar-refractivity contribution in [3.63, 3.8) is 0 Å². The third-order valence-electron chi connectivity index (χ3n) is 6.80. The standard InChI is InChI=1S/C27H23BrN6O3S/c1-18(35)19-6-10-21(11-7-19)32-14-16-33(17-15-32)25-23-4-2-3-5-24(23)34-26(29-25)27(30-31-34)38(36,37)22-12-8-20(28)9-13-22/h2-13H,14-17H2,1H3. The highest BCUT2D eigenvalue weighted by Gasteiger charge is 2.28. The summed E-state index contributed by atoms with van der Waals surface area (Å²) in [5, 5.41) is 8.95. The maximum absolute atomic E-state index is 13.5. The largest absolute Gasteiger partial charge is 0.368 e. The number of ketones is 1. The highest BCUT2D eigenvalue weighted by atomic mass is 79.9. The van der Waals surface area contributed by atoms with E-state index in [1.54, 1.807) is 19.1 Å². The Kier molecular flexibility index (Phi) is 6.11. The predicted molar refractivity (Wildman–Crippen MR) is 149 cm³/mol. The summed E-state index contributed by atoms with van der Waals surface area (Å²) >= 11 is 3.35. The van der Waals surface area contributed by atoms with Gasteiger partial charge >= 0.3 is 0 Å². The number of carbonyl (C=O) groups is 1. The quantitative estimate of drug-likeness (QED) is 0.278. The van der Waals surface area contributed by atoms with Gasteiger partial charge in [0, 0.05) is 47.3 Å². The highest BCUT2D eigenvalue weighted by molar-refractivity contribution is 9.10. The average molecular weight is 591 g/mol. The lowest BCUT2D eigenvalue weighted by atomic mass is 10.1. The van der Waals surface area contributed by atoms with E-state index in [4.69, 9.17) is 4.98 Å². The van der Waals surface area contributed by atoms with E-state index in [1.807, 2.05) is 48.5 Å². The van der Waals surface area contributed by atoms with E-state index in [1.165, 1.54) is 16.6 Å². The molecule has 38 heavy (non-hydrogen) atoms. The first-order chi connectivity index (χ1) is 18.3. The van der Waals surface area contributed by atoms with Crippen molar-refractivity contribution in [2.45, 2.75) is 16.8 Å². The lowest BCUT2D eigenvalue weighted by Gasteiger charge is -2.37. The summed E-state index contributed by atoms with van der Waals surface area (Å²) in [5.41, 5.74) is 2.69. The van der Waals surface area contributed by atoms with Gasteiger partial charge in [-0.15, -0.1) is 5.10 Å². The second-order valence-electron chi connectivity index (χ2n) is 9.12. The Morgan fingerprint density at radius 2 is 1.53 bits per heavy atom. The topological polar surface area (TPSA) is 101 Å². The molecule has 0 spiro atoms. The van der Waals surface area contributed by atoms with Crippen molar-refractivity contribution >= 4 is 59.6 Å². The molecule has 0 saturated carbocycles. The molecule has 0 aliphatic carbocycles. The van der Waals surface area contributed by atoms with Gasteiger partial charge in [-0.05, 0) is 67.6 Å². The van der Waals surface area contributed by atoms with Gasteiger partial charge < -0.3 is 9.80 Å². The Labute approximate surface area is 227 Å². The number of hydrogen-bond donors (Lipinski definition) is 0. The van der Waals surface area contributed by atoms with E-state index >= 15 is 0 Å². The van der Waals surface area contributed by atoms with Crippen LogP contribution in [0, 0.1) is 0 Å². The number of piperazine rings is 1. The summed E-state index contributed by atoms with van der Waals surface area (Å²) in [6, 6.07) is 21.8. The molecule has 0 N–H and O–H groups in total. The molecule has 6 rings (SSSR count). The third kappa shape index (κ3) is 4.21. The fourth-order valence-electron chi connectivity index (χ4n) is 4.75. The minimum absolute atomic E-state index is 0.0468. The molecule has 2 aromatic heterocycles.